The molecule has 0 spiro atoms. The van der Waals surface area contributed by atoms with Crippen LogP contribution in [-0.4, -0.2) is 40.8 Å². The Morgan fingerprint density at radius 3 is 1.91 bits per heavy atom. The van der Waals surface area contributed by atoms with Crippen LogP contribution in [0.3, 0.4) is 0 Å². The van der Waals surface area contributed by atoms with Crippen LogP contribution in [0.1, 0.15) is 33.6 Å². The first-order valence-corrected chi connectivity index (χ1v) is 18.3. The third kappa shape index (κ3) is 6.98. The highest BCUT2D eigenvalue weighted by Gasteiger charge is 2.50. The van der Waals surface area contributed by atoms with Crippen LogP contribution in [-0.2, 0) is 13.6 Å². The van der Waals surface area contributed by atoms with Crippen molar-refractivity contribution < 1.29 is 13.6 Å². The van der Waals surface area contributed by atoms with Crippen molar-refractivity contribution in [2.75, 3.05) is 6.61 Å². The average molecular weight is 529 g/mol. The standard InChI is InChI=1S/C29H41ClO3Si2/c1-23-27(33-34(5,6)7)21-15-14-20-26(30)28(32-23)22-31-35(29(2,3)4,24-16-10-8-11-17-24)25-18-12-9-13-19-25/h8-19,26-28H,1,20-22H2,2-7H3/b15-14-/t26-,27+,28-/m1/s1. The lowest BCUT2D eigenvalue weighted by molar-refractivity contribution is 0.0299. The summed E-state index contributed by atoms with van der Waals surface area (Å²) in [6.45, 7) is 18.0. The van der Waals surface area contributed by atoms with Gasteiger partial charge in [-0.25, -0.2) is 0 Å². The number of hydrogen-bond acceptors (Lipinski definition) is 3. The maximum Gasteiger partial charge on any atom is 0.261 e. The average Bonchev–Trinajstić information content (AvgIpc) is 2.85. The van der Waals surface area contributed by atoms with Gasteiger partial charge in [-0.1, -0.05) is 100 Å². The smallest absolute Gasteiger partial charge is 0.261 e. The molecule has 3 nitrogen and oxygen atoms in total. The molecule has 2 aromatic rings. The molecule has 190 valence electrons. The van der Waals surface area contributed by atoms with E-state index in [4.69, 9.17) is 25.2 Å². The van der Waals surface area contributed by atoms with Crippen LogP contribution in [0.2, 0.25) is 24.7 Å². The van der Waals surface area contributed by atoms with Gasteiger partial charge in [-0.05, 0) is 47.9 Å². The molecular formula is C29H41ClO3Si2. The van der Waals surface area contributed by atoms with Crippen molar-refractivity contribution in [3.8, 4) is 0 Å². The highest BCUT2D eigenvalue weighted by molar-refractivity contribution is 6.99. The Balaban J connectivity index is 1.96. The Morgan fingerprint density at radius 1 is 0.914 bits per heavy atom. The fraction of sp³-hybridized carbons (Fsp3) is 0.448. The van der Waals surface area contributed by atoms with Gasteiger partial charge in [0.1, 0.15) is 18.0 Å². The topological polar surface area (TPSA) is 27.7 Å². The quantitative estimate of drug-likeness (QED) is 0.229. The molecule has 0 saturated heterocycles. The molecule has 0 N–H and O–H groups in total. The van der Waals surface area contributed by atoms with Gasteiger partial charge in [-0.3, -0.25) is 0 Å². The fourth-order valence-corrected chi connectivity index (χ4v) is 10.6. The van der Waals surface area contributed by atoms with Crippen molar-refractivity contribution in [1.82, 2.24) is 0 Å². The lowest BCUT2D eigenvalue weighted by Gasteiger charge is -2.44. The van der Waals surface area contributed by atoms with E-state index >= 15 is 0 Å². The molecule has 0 fully saturated rings. The van der Waals surface area contributed by atoms with Crippen molar-refractivity contribution in [2.24, 2.45) is 0 Å². The molecule has 1 heterocycles. The van der Waals surface area contributed by atoms with Crippen molar-refractivity contribution in [2.45, 2.75) is 75.9 Å². The number of benzene rings is 2. The van der Waals surface area contributed by atoms with Crippen molar-refractivity contribution in [1.29, 1.82) is 0 Å². The van der Waals surface area contributed by atoms with Crippen LogP contribution in [0.25, 0.3) is 0 Å². The number of ether oxygens (including phenoxy) is 1. The van der Waals surface area contributed by atoms with Gasteiger partial charge in [0.15, 0.2) is 8.32 Å². The largest absolute Gasteiger partial charge is 0.489 e. The molecule has 35 heavy (non-hydrogen) atoms. The number of rotatable bonds is 7. The minimum absolute atomic E-state index is 0.115. The monoisotopic (exact) mass is 528 g/mol. The minimum Gasteiger partial charge on any atom is -0.489 e. The maximum atomic E-state index is 7.13. The Hall–Kier alpha value is -1.64. The Kier molecular flexibility index (Phi) is 9.27. The van der Waals surface area contributed by atoms with E-state index in [9.17, 15) is 0 Å². The van der Waals surface area contributed by atoms with Gasteiger partial charge in [0.25, 0.3) is 8.32 Å². The van der Waals surface area contributed by atoms with Gasteiger partial charge in [0.2, 0.25) is 0 Å². The zero-order valence-electron chi connectivity index (χ0n) is 22.1. The molecule has 3 rings (SSSR count). The molecule has 0 aromatic heterocycles. The summed E-state index contributed by atoms with van der Waals surface area (Å²) in [5, 5.41) is 2.14. The van der Waals surface area contributed by atoms with Gasteiger partial charge in [-0.2, -0.15) is 0 Å². The van der Waals surface area contributed by atoms with Gasteiger partial charge < -0.3 is 13.6 Å². The minimum atomic E-state index is -2.69. The number of allylic oxidation sites excluding steroid dienone is 1. The summed E-state index contributed by atoms with van der Waals surface area (Å²) >= 11 is 6.90. The Labute approximate surface area is 219 Å². The van der Waals surface area contributed by atoms with Crippen molar-refractivity contribution in [3.05, 3.63) is 85.2 Å². The highest BCUT2D eigenvalue weighted by atomic mass is 35.5. The van der Waals surface area contributed by atoms with E-state index in [2.05, 4.69) is 120 Å². The molecule has 3 atom stereocenters. The molecule has 0 saturated carbocycles. The Bertz CT molecular complexity index is 941. The second-order valence-corrected chi connectivity index (χ2v) is 20.6. The summed E-state index contributed by atoms with van der Waals surface area (Å²) in [7, 11) is -4.47. The first-order chi connectivity index (χ1) is 16.4. The van der Waals surface area contributed by atoms with Gasteiger partial charge in [-0.15, -0.1) is 11.6 Å². The zero-order chi connectivity index (χ0) is 25.7. The predicted molar refractivity (Wildman–Crippen MR) is 154 cm³/mol. The van der Waals surface area contributed by atoms with Crippen LogP contribution < -0.4 is 10.4 Å². The summed E-state index contributed by atoms with van der Waals surface area (Å²) in [6, 6.07) is 21.3. The first-order valence-electron chi connectivity index (χ1n) is 12.5. The van der Waals surface area contributed by atoms with Crippen LogP contribution in [0, 0.1) is 0 Å². The third-order valence-electron chi connectivity index (χ3n) is 6.32. The second-order valence-electron chi connectivity index (χ2n) is 11.3. The highest BCUT2D eigenvalue weighted by Crippen LogP contribution is 2.37. The van der Waals surface area contributed by atoms with Crippen LogP contribution in [0.4, 0.5) is 0 Å². The lowest BCUT2D eigenvalue weighted by Crippen LogP contribution is -2.67. The maximum absolute atomic E-state index is 7.13. The van der Waals surface area contributed by atoms with E-state index in [0.717, 1.165) is 6.42 Å². The summed E-state index contributed by atoms with van der Waals surface area (Å²) in [4.78, 5) is 0. The van der Waals surface area contributed by atoms with E-state index in [0.29, 0.717) is 18.8 Å². The van der Waals surface area contributed by atoms with Crippen LogP contribution in [0.5, 0.6) is 0 Å². The summed E-state index contributed by atoms with van der Waals surface area (Å²) in [5.41, 5.74) is 0. The van der Waals surface area contributed by atoms with E-state index in [-0.39, 0.29) is 22.6 Å². The SMILES string of the molecule is C=C1O[C@H](CO[Si](c2ccccc2)(c2ccccc2)C(C)(C)C)[C@H](Cl)C/C=C\C[C@@H]1O[Si](C)(C)C. The van der Waals surface area contributed by atoms with Crippen molar-refractivity contribution >= 4 is 38.6 Å². The predicted octanol–water partition coefficient (Wildman–Crippen LogP) is 6.64. The molecule has 0 unspecified atom stereocenters. The molecule has 0 radical (unpaired) electrons. The van der Waals surface area contributed by atoms with E-state index < -0.39 is 16.6 Å². The molecule has 2 aromatic carbocycles. The van der Waals surface area contributed by atoms with Crippen molar-refractivity contribution in [3.63, 3.8) is 0 Å². The van der Waals surface area contributed by atoms with Gasteiger partial charge in [0.05, 0.1) is 12.0 Å². The van der Waals surface area contributed by atoms with Crippen LogP contribution in [0.15, 0.2) is 85.2 Å². The Morgan fingerprint density at radius 2 is 1.43 bits per heavy atom. The molecule has 0 aliphatic carbocycles. The molecular weight excluding hydrogens is 488 g/mol. The fourth-order valence-electron chi connectivity index (χ4n) is 4.72. The third-order valence-corrected chi connectivity index (χ3v) is 12.8. The van der Waals surface area contributed by atoms with E-state index in [1.807, 2.05) is 0 Å². The normalized spacial score (nSPS) is 23.1. The summed E-state index contributed by atoms with van der Waals surface area (Å²) in [5.74, 6) is 0.640. The first kappa shape index (κ1) is 27.9. The zero-order valence-corrected chi connectivity index (χ0v) is 24.8. The number of hydrogen-bond donors (Lipinski definition) is 0. The summed E-state index contributed by atoms with van der Waals surface area (Å²) in [6.07, 6.45) is 5.23. The molecule has 0 bridgehead atoms. The van der Waals surface area contributed by atoms with E-state index in [1.54, 1.807) is 0 Å². The van der Waals surface area contributed by atoms with Gasteiger partial charge in [0, 0.05) is 0 Å². The molecule has 1 aliphatic heterocycles. The van der Waals surface area contributed by atoms with Gasteiger partial charge >= 0.3 is 0 Å². The molecule has 6 heteroatoms. The molecule has 0 amide bonds. The second kappa shape index (κ2) is 11.6. The number of alkyl halides is 1. The number of halogens is 1. The molecule has 1 aliphatic rings. The summed E-state index contributed by atoms with van der Waals surface area (Å²) < 4.78 is 20.0. The lowest BCUT2D eigenvalue weighted by atomic mass is 10.2. The van der Waals surface area contributed by atoms with E-state index in [1.165, 1.54) is 10.4 Å². The van der Waals surface area contributed by atoms with Crippen LogP contribution >= 0.6 is 11.6 Å².